The lowest BCUT2D eigenvalue weighted by atomic mass is 10.2. The molecule has 0 fully saturated rings. The third-order valence-corrected chi connectivity index (χ3v) is 4.87. The molecule has 6 heteroatoms. The standard InChI is InChI=1S/C13H18BrNO3S/c1-8(2)15(6-4-5-11(16)17)13(18)10-7-9(3)12(14)19-10/h7-8H,4-6H2,1-3H3,(H,16,17). The van der Waals surface area contributed by atoms with Crippen LogP contribution in [-0.2, 0) is 4.79 Å². The van der Waals surface area contributed by atoms with Gasteiger partial charge in [0.2, 0.25) is 0 Å². The van der Waals surface area contributed by atoms with Gasteiger partial charge < -0.3 is 10.0 Å². The summed E-state index contributed by atoms with van der Waals surface area (Å²) in [7, 11) is 0. The topological polar surface area (TPSA) is 57.6 Å². The second-order valence-electron chi connectivity index (χ2n) is 4.66. The van der Waals surface area contributed by atoms with Crippen LogP contribution in [0.3, 0.4) is 0 Å². The van der Waals surface area contributed by atoms with E-state index in [0.717, 1.165) is 9.35 Å². The quantitative estimate of drug-likeness (QED) is 0.856. The fourth-order valence-electron chi connectivity index (χ4n) is 1.70. The Morgan fingerprint density at radius 1 is 1.47 bits per heavy atom. The molecule has 1 amide bonds. The van der Waals surface area contributed by atoms with Gasteiger partial charge in [-0.3, -0.25) is 9.59 Å². The van der Waals surface area contributed by atoms with Gasteiger partial charge in [-0.05, 0) is 54.8 Å². The third kappa shape index (κ3) is 4.62. The lowest BCUT2D eigenvalue weighted by Gasteiger charge is -2.26. The first-order valence-corrected chi connectivity index (χ1v) is 7.72. The van der Waals surface area contributed by atoms with E-state index in [9.17, 15) is 9.59 Å². The molecule has 1 N–H and O–H groups in total. The summed E-state index contributed by atoms with van der Waals surface area (Å²) in [5.74, 6) is -0.856. The van der Waals surface area contributed by atoms with E-state index in [2.05, 4.69) is 15.9 Å². The van der Waals surface area contributed by atoms with Crippen molar-refractivity contribution in [3.63, 3.8) is 0 Å². The molecule has 0 aliphatic carbocycles. The van der Waals surface area contributed by atoms with Crippen molar-refractivity contribution in [1.29, 1.82) is 0 Å². The highest BCUT2D eigenvalue weighted by atomic mass is 79.9. The van der Waals surface area contributed by atoms with Gasteiger partial charge in [0.25, 0.3) is 5.91 Å². The molecule has 19 heavy (non-hydrogen) atoms. The maximum atomic E-state index is 12.4. The van der Waals surface area contributed by atoms with Crippen molar-refractivity contribution in [1.82, 2.24) is 4.90 Å². The SMILES string of the molecule is Cc1cc(C(=O)N(CCCC(=O)O)C(C)C)sc1Br. The number of thiophene rings is 1. The van der Waals surface area contributed by atoms with Crippen molar-refractivity contribution in [2.75, 3.05) is 6.54 Å². The van der Waals surface area contributed by atoms with E-state index in [-0.39, 0.29) is 18.4 Å². The van der Waals surface area contributed by atoms with Crippen LogP contribution in [-0.4, -0.2) is 34.5 Å². The molecule has 1 aromatic rings. The Hall–Kier alpha value is -0.880. The Bertz CT molecular complexity index is 451. The summed E-state index contributed by atoms with van der Waals surface area (Å²) in [5.41, 5.74) is 1.04. The lowest BCUT2D eigenvalue weighted by molar-refractivity contribution is -0.137. The minimum atomic E-state index is -0.828. The number of carboxylic acid groups (broad SMARTS) is 1. The summed E-state index contributed by atoms with van der Waals surface area (Å²) in [5, 5.41) is 8.65. The zero-order valence-electron chi connectivity index (χ0n) is 11.3. The summed E-state index contributed by atoms with van der Waals surface area (Å²) in [6, 6.07) is 1.92. The zero-order chi connectivity index (χ0) is 14.6. The number of aryl methyl sites for hydroxylation is 1. The molecular formula is C13H18BrNO3S. The number of aliphatic carboxylic acids is 1. The van der Waals surface area contributed by atoms with Gasteiger partial charge in [-0.1, -0.05) is 0 Å². The van der Waals surface area contributed by atoms with Crippen molar-refractivity contribution in [3.8, 4) is 0 Å². The number of rotatable bonds is 6. The highest BCUT2D eigenvalue weighted by Gasteiger charge is 2.21. The molecule has 0 saturated carbocycles. The average molecular weight is 348 g/mol. The second kappa shape index (κ2) is 7.05. The zero-order valence-corrected chi connectivity index (χ0v) is 13.7. The normalized spacial score (nSPS) is 10.8. The number of amides is 1. The second-order valence-corrected chi connectivity index (χ2v) is 7.03. The Labute approximate surface area is 125 Å². The van der Waals surface area contributed by atoms with E-state index in [1.807, 2.05) is 26.8 Å². The first-order chi connectivity index (χ1) is 8.82. The lowest BCUT2D eigenvalue weighted by Crippen LogP contribution is -2.37. The van der Waals surface area contributed by atoms with Gasteiger partial charge in [0.1, 0.15) is 0 Å². The Morgan fingerprint density at radius 3 is 2.53 bits per heavy atom. The largest absolute Gasteiger partial charge is 0.481 e. The molecule has 0 aliphatic heterocycles. The van der Waals surface area contributed by atoms with Gasteiger partial charge in [-0.25, -0.2) is 0 Å². The van der Waals surface area contributed by atoms with Gasteiger partial charge in [-0.2, -0.15) is 0 Å². The molecule has 0 bridgehead atoms. The Balaban J connectivity index is 2.75. The van der Waals surface area contributed by atoms with E-state index >= 15 is 0 Å². The van der Waals surface area contributed by atoms with Crippen LogP contribution in [0.2, 0.25) is 0 Å². The van der Waals surface area contributed by atoms with Gasteiger partial charge in [0, 0.05) is 19.0 Å². The first-order valence-electron chi connectivity index (χ1n) is 6.11. The number of hydrogen-bond acceptors (Lipinski definition) is 3. The van der Waals surface area contributed by atoms with E-state index in [0.29, 0.717) is 17.8 Å². The van der Waals surface area contributed by atoms with Gasteiger partial charge in [-0.15, -0.1) is 11.3 Å². The van der Waals surface area contributed by atoms with Crippen molar-refractivity contribution in [2.45, 2.75) is 39.7 Å². The van der Waals surface area contributed by atoms with Crippen LogP contribution in [0, 0.1) is 6.92 Å². The molecule has 4 nitrogen and oxygen atoms in total. The monoisotopic (exact) mass is 347 g/mol. The summed E-state index contributed by atoms with van der Waals surface area (Å²) >= 11 is 4.83. The number of carboxylic acids is 1. The predicted molar refractivity (Wildman–Crippen MR) is 79.8 cm³/mol. The van der Waals surface area contributed by atoms with Crippen LogP contribution < -0.4 is 0 Å². The Morgan fingerprint density at radius 2 is 2.11 bits per heavy atom. The maximum absolute atomic E-state index is 12.4. The van der Waals surface area contributed by atoms with Crippen LogP contribution in [0.5, 0.6) is 0 Å². The van der Waals surface area contributed by atoms with Crippen LogP contribution in [0.15, 0.2) is 9.85 Å². The van der Waals surface area contributed by atoms with Crippen LogP contribution in [0.4, 0.5) is 0 Å². The van der Waals surface area contributed by atoms with Crippen LogP contribution >= 0.6 is 27.3 Å². The predicted octanol–water partition coefficient (Wildman–Crippen LogP) is 3.53. The minimum absolute atomic E-state index is 0.0285. The summed E-state index contributed by atoms with van der Waals surface area (Å²) in [4.78, 5) is 25.3. The summed E-state index contributed by atoms with van der Waals surface area (Å²) in [6.45, 7) is 6.29. The molecule has 0 atom stereocenters. The molecule has 0 radical (unpaired) electrons. The minimum Gasteiger partial charge on any atom is -0.481 e. The number of carbonyl (C=O) groups excluding carboxylic acids is 1. The average Bonchev–Trinajstić information content (AvgIpc) is 2.63. The van der Waals surface area contributed by atoms with Crippen LogP contribution in [0.1, 0.15) is 41.9 Å². The molecule has 0 aliphatic rings. The molecule has 1 heterocycles. The van der Waals surface area contributed by atoms with Crippen molar-refractivity contribution < 1.29 is 14.7 Å². The highest BCUT2D eigenvalue weighted by molar-refractivity contribution is 9.11. The molecular weight excluding hydrogens is 330 g/mol. The van der Waals surface area contributed by atoms with Gasteiger partial charge in [0.05, 0.1) is 8.66 Å². The molecule has 0 aromatic carbocycles. The van der Waals surface area contributed by atoms with E-state index in [4.69, 9.17) is 5.11 Å². The molecule has 1 rings (SSSR count). The molecule has 0 unspecified atom stereocenters. The van der Waals surface area contributed by atoms with Gasteiger partial charge >= 0.3 is 5.97 Å². The third-order valence-electron chi connectivity index (χ3n) is 2.74. The number of nitrogens with zero attached hydrogens (tertiary/aromatic N) is 1. The van der Waals surface area contributed by atoms with Gasteiger partial charge in [0.15, 0.2) is 0 Å². The fraction of sp³-hybridized carbons (Fsp3) is 0.538. The number of carbonyl (C=O) groups is 2. The fourth-order valence-corrected chi connectivity index (χ4v) is 3.19. The highest BCUT2D eigenvalue weighted by Crippen LogP contribution is 2.28. The summed E-state index contributed by atoms with van der Waals surface area (Å²) in [6.07, 6.45) is 0.564. The maximum Gasteiger partial charge on any atom is 0.303 e. The van der Waals surface area contributed by atoms with E-state index in [1.54, 1.807) is 4.90 Å². The van der Waals surface area contributed by atoms with E-state index < -0.39 is 5.97 Å². The summed E-state index contributed by atoms with van der Waals surface area (Å²) < 4.78 is 0.963. The van der Waals surface area contributed by atoms with Crippen molar-refractivity contribution >= 4 is 39.1 Å². The van der Waals surface area contributed by atoms with E-state index in [1.165, 1.54) is 11.3 Å². The van der Waals surface area contributed by atoms with Crippen molar-refractivity contribution in [2.24, 2.45) is 0 Å². The van der Waals surface area contributed by atoms with Crippen LogP contribution in [0.25, 0.3) is 0 Å². The molecule has 106 valence electrons. The molecule has 0 saturated heterocycles. The van der Waals surface area contributed by atoms with Crippen molar-refractivity contribution in [3.05, 3.63) is 20.3 Å². The number of hydrogen-bond donors (Lipinski definition) is 1. The Kier molecular flexibility index (Phi) is 6.00. The molecule has 0 spiro atoms. The number of halogens is 1. The molecule has 1 aromatic heterocycles. The smallest absolute Gasteiger partial charge is 0.303 e. The first kappa shape index (κ1) is 16.2.